The van der Waals surface area contributed by atoms with Gasteiger partial charge >= 0.3 is 6.03 Å². The Morgan fingerprint density at radius 2 is 2.11 bits per heavy atom. The third-order valence-corrected chi connectivity index (χ3v) is 2.77. The van der Waals surface area contributed by atoms with E-state index >= 15 is 0 Å². The Labute approximate surface area is 120 Å². The lowest BCUT2D eigenvalue weighted by Gasteiger charge is -2.09. The molecule has 0 fully saturated rings. The van der Waals surface area contributed by atoms with E-state index in [9.17, 15) is 9.59 Å². The van der Waals surface area contributed by atoms with E-state index in [0.717, 1.165) is 15.7 Å². The molecule has 0 radical (unpaired) electrons. The van der Waals surface area contributed by atoms with Gasteiger partial charge in [-0.25, -0.2) is 4.79 Å². The lowest BCUT2D eigenvalue weighted by Crippen LogP contribution is -2.40. The van der Waals surface area contributed by atoms with E-state index < -0.39 is 6.03 Å². The topological polar surface area (TPSA) is 70.2 Å². The second-order valence-corrected chi connectivity index (χ2v) is 4.78. The van der Waals surface area contributed by atoms with Gasteiger partial charge in [0.15, 0.2) is 0 Å². The first-order chi connectivity index (χ1) is 9.02. The van der Waals surface area contributed by atoms with Crippen molar-refractivity contribution >= 4 is 33.6 Å². The van der Waals surface area contributed by atoms with Crippen molar-refractivity contribution in [1.29, 1.82) is 0 Å². The van der Waals surface area contributed by atoms with Crippen LogP contribution < -0.4 is 16.0 Å². The average molecular weight is 326 g/mol. The zero-order valence-electron chi connectivity index (χ0n) is 10.6. The molecule has 1 aromatic carbocycles. The summed E-state index contributed by atoms with van der Waals surface area (Å²) in [7, 11) is 0. The summed E-state index contributed by atoms with van der Waals surface area (Å²) in [5.41, 5.74) is 1.67. The van der Waals surface area contributed by atoms with E-state index in [4.69, 9.17) is 0 Å². The number of aryl methyl sites for hydroxylation is 1. The van der Waals surface area contributed by atoms with Crippen molar-refractivity contribution in [3.63, 3.8) is 0 Å². The molecule has 0 bridgehead atoms. The van der Waals surface area contributed by atoms with Crippen LogP contribution in [0.1, 0.15) is 5.56 Å². The smallest absolute Gasteiger partial charge is 0.315 e. The number of hydrogen-bond donors (Lipinski definition) is 3. The number of anilines is 1. The van der Waals surface area contributed by atoms with Gasteiger partial charge in [0.25, 0.3) is 0 Å². The maximum atomic E-state index is 11.6. The lowest BCUT2D eigenvalue weighted by molar-refractivity contribution is -0.115. The molecule has 0 aliphatic rings. The summed E-state index contributed by atoms with van der Waals surface area (Å²) in [6.45, 7) is 5.64. The molecule has 0 saturated carbocycles. The van der Waals surface area contributed by atoms with Gasteiger partial charge in [0, 0.05) is 16.7 Å². The van der Waals surface area contributed by atoms with Gasteiger partial charge in [-0.15, -0.1) is 6.58 Å². The van der Waals surface area contributed by atoms with E-state index in [-0.39, 0.29) is 12.5 Å². The van der Waals surface area contributed by atoms with Crippen LogP contribution in [0.15, 0.2) is 35.3 Å². The van der Waals surface area contributed by atoms with Crippen LogP contribution >= 0.6 is 15.9 Å². The van der Waals surface area contributed by atoms with Crippen LogP contribution in [0.3, 0.4) is 0 Å². The second-order valence-electron chi connectivity index (χ2n) is 3.86. The summed E-state index contributed by atoms with van der Waals surface area (Å²) in [4.78, 5) is 22.9. The van der Waals surface area contributed by atoms with Crippen molar-refractivity contribution in [3.05, 3.63) is 40.9 Å². The van der Waals surface area contributed by atoms with E-state index in [1.807, 2.05) is 19.1 Å². The van der Waals surface area contributed by atoms with Crippen molar-refractivity contribution in [2.24, 2.45) is 0 Å². The molecular formula is C13H16BrN3O2. The highest BCUT2D eigenvalue weighted by atomic mass is 79.9. The number of rotatable bonds is 5. The van der Waals surface area contributed by atoms with Gasteiger partial charge in [-0.2, -0.15) is 0 Å². The van der Waals surface area contributed by atoms with Crippen LogP contribution in [0.25, 0.3) is 0 Å². The van der Waals surface area contributed by atoms with Crippen LogP contribution in [0.2, 0.25) is 0 Å². The van der Waals surface area contributed by atoms with E-state index in [1.54, 1.807) is 12.1 Å². The van der Waals surface area contributed by atoms with Crippen molar-refractivity contribution in [2.45, 2.75) is 6.92 Å². The Kier molecular flexibility index (Phi) is 6.08. The summed E-state index contributed by atoms with van der Waals surface area (Å²) >= 11 is 3.35. The fraction of sp³-hybridized carbons (Fsp3) is 0.231. The van der Waals surface area contributed by atoms with Gasteiger partial charge in [0.05, 0.1) is 6.54 Å². The first-order valence-corrected chi connectivity index (χ1v) is 6.51. The predicted molar refractivity (Wildman–Crippen MR) is 79.1 cm³/mol. The third kappa shape index (κ3) is 5.56. The average Bonchev–Trinajstić information content (AvgIpc) is 2.37. The van der Waals surface area contributed by atoms with Crippen molar-refractivity contribution < 1.29 is 9.59 Å². The summed E-state index contributed by atoms with van der Waals surface area (Å²) < 4.78 is 0.949. The SMILES string of the molecule is C=CCNC(=O)NCC(=O)Nc1ccc(Br)cc1C. The van der Waals surface area contributed by atoms with Gasteiger partial charge in [0.1, 0.15) is 0 Å². The summed E-state index contributed by atoms with van der Waals surface area (Å²) in [5, 5.41) is 7.69. The highest BCUT2D eigenvalue weighted by Gasteiger charge is 2.06. The molecule has 0 aliphatic heterocycles. The fourth-order valence-corrected chi connectivity index (χ4v) is 1.83. The molecule has 0 aromatic heterocycles. The highest BCUT2D eigenvalue weighted by Crippen LogP contribution is 2.19. The molecule has 6 heteroatoms. The first kappa shape index (κ1) is 15.2. The van der Waals surface area contributed by atoms with Crippen LogP contribution in [-0.4, -0.2) is 25.0 Å². The highest BCUT2D eigenvalue weighted by molar-refractivity contribution is 9.10. The molecule has 0 unspecified atom stereocenters. The zero-order chi connectivity index (χ0) is 14.3. The molecule has 0 aliphatic carbocycles. The van der Waals surface area contributed by atoms with Gasteiger partial charge in [-0.05, 0) is 30.7 Å². The van der Waals surface area contributed by atoms with E-state index in [2.05, 4.69) is 38.5 Å². The predicted octanol–water partition coefficient (Wildman–Crippen LogP) is 2.18. The molecule has 0 atom stereocenters. The van der Waals surface area contributed by atoms with Crippen LogP contribution in [0, 0.1) is 6.92 Å². The van der Waals surface area contributed by atoms with Gasteiger partial charge in [-0.3, -0.25) is 4.79 Å². The van der Waals surface area contributed by atoms with Crippen LogP contribution in [0.5, 0.6) is 0 Å². The van der Waals surface area contributed by atoms with Crippen LogP contribution in [-0.2, 0) is 4.79 Å². The molecule has 102 valence electrons. The van der Waals surface area contributed by atoms with Gasteiger partial charge in [0.2, 0.25) is 5.91 Å². The standard InChI is InChI=1S/C13H16BrN3O2/c1-3-6-15-13(19)16-8-12(18)17-11-5-4-10(14)7-9(11)2/h3-5,7H,1,6,8H2,2H3,(H,17,18)(H2,15,16,19). The van der Waals surface area contributed by atoms with Crippen LogP contribution in [0.4, 0.5) is 10.5 Å². The number of urea groups is 1. The summed E-state index contributed by atoms with van der Waals surface area (Å²) in [5.74, 6) is -0.279. The monoisotopic (exact) mass is 325 g/mol. The molecule has 0 spiro atoms. The number of nitrogens with one attached hydrogen (secondary N) is 3. The molecule has 3 N–H and O–H groups in total. The molecule has 1 aromatic rings. The number of carbonyl (C=O) groups is 2. The van der Waals surface area contributed by atoms with E-state index in [1.165, 1.54) is 0 Å². The Balaban J connectivity index is 2.43. The number of amides is 3. The third-order valence-electron chi connectivity index (χ3n) is 2.28. The largest absolute Gasteiger partial charge is 0.335 e. The molecule has 1 rings (SSSR count). The minimum Gasteiger partial charge on any atom is -0.335 e. The molecule has 0 heterocycles. The van der Waals surface area contributed by atoms with Crippen molar-refractivity contribution in [2.75, 3.05) is 18.4 Å². The number of carbonyl (C=O) groups excluding carboxylic acids is 2. The van der Waals surface area contributed by atoms with E-state index in [0.29, 0.717) is 6.54 Å². The summed E-state index contributed by atoms with van der Waals surface area (Å²) in [6, 6.07) is 5.14. The van der Waals surface area contributed by atoms with Gasteiger partial charge in [-0.1, -0.05) is 22.0 Å². The molecule has 3 amide bonds. The summed E-state index contributed by atoms with van der Waals surface area (Å²) in [6.07, 6.45) is 1.56. The minimum atomic E-state index is -0.400. The normalized spacial score (nSPS) is 9.58. The Hall–Kier alpha value is -1.82. The maximum absolute atomic E-state index is 11.6. The Morgan fingerprint density at radius 1 is 1.37 bits per heavy atom. The molecular weight excluding hydrogens is 310 g/mol. The maximum Gasteiger partial charge on any atom is 0.315 e. The quantitative estimate of drug-likeness (QED) is 0.726. The number of hydrogen-bond acceptors (Lipinski definition) is 2. The fourth-order valence-electron chi connectivity index (χ4n) is 1.35. The Morgan fingerprint density at radius 3 is 2.74 bits per heavy atom. The van der Waals surface area contributed by atoms with Crippen molar-refractivity contribution in [3.8, 4) is 0 Å². The first-order valence-electron chi connectivity index (χ1n) is 5.71. The van der Waals surface area contributed by atoms with Gasteiger partial charge < -0.3 is 16.0 Å². The number of halogens is 1. The van der Waals surface area contributed by atoms with Crippen molar-refractivity contribution in [1.82, 2.24) is 10.6 Å². The molecule has 5 nitrogen and oxygen atoms in total. The molecule has 0 saturated heterocycles. The minimum absolute atomic E-state index is 0.0848. The lowest BCUT2D eigenvalue weighted by atomic mass is 10.2. The Bertz CT molecular complexity index is 489. The zero-order valence-corrected chi connectivity index (χ0v) is 12.2. The second kappa shape index (κ2) is 7.58. The number of benzene rings is 1. The molecule has 19 heavy (non-hydrogen) atoms.